The number of nitrogens with zero attached hydrogens (tertiary/aromatic N) is 8. The van der Waals surface area contributed by atoms with Gasteiger partial charge in [-0.15, -0.1) is 0 Å². The Kier molecular flexibility index (Phi) is 17.6. The van der Waals surface area contributed by atoms with Crippen molar-refractivity contribution in [1.82, 2.24) is 39.9 Å². The standard InChI is InChI=1S/C7H7FN2O2.C7H8N2O3.C7H6N2O3.C6H5FN2O2/c1-12-7(11)6-4-9-5(2-8)3-10-6;2*1-12-7(11)6-3-8-5(4-10)2-9-6;7-1-4-2-9-5(3-8-4)6(10)11/h3-4H,2H2,1H3;2-3,10H,4H2,1H3;2-4H,1H3;2-3H,1H2,(H,10,11). The van der Waals surface area contributed by atoms with Gasteiger partial charge in [-0.25, -0.2) is 52.9 Å². The molecule has 4 aromatic rings. The number of halogens is 2. The Morgan fingerprint density at radius 1 is 0.596 bits per heavy atom. The van der Waals surface area contributed by atoms with E-state index in [9.17, 15) is 32.8 Å². The van der Waals surface area contributed by atoms with Gasteiger partial charge in [0.05, 0.1) is 94.6 Å². The first-order valence-electron chi connectivity index (χ1n) is 12.5. The van der Waals surface area contributed by atoms with Crippen LogP contribution in [-0.4, -0.2) is 102 Å². The van der Waals surface area contributed by atoms with Gasteiger partial charge in [-0.1, -0.05) is 0 Å². The number of carboxylic acid groups (broad SMARTS) is 1. The lowest BCUT2D eigenvalue weighted by molar-refractivity contribution is 0.0584. The van der Waals surface area contributed by atoms with Crippen LogP contribution in [0.3, 0.4) is 0 Å². The van der Waals surface area contributed by atoms with Crippen LogP contribution < -0.4 is 0 Å². The zero-order valence-electron chi connectivity index (χ0n) is 24.8. The number of aldehydes is 1. The number of hydrogen-bond donors (Lipinski definition) is 2. The van der Waals surface area contributed by atoms with Gasteiger partial charge in [0, 0.05) is 0 Å². The number of aromatic nitrogens is 8. The highest BCUT2D eigenvalue weighted by atomic mass is 19.1. The van der Waals surface area contributed by atoms with Crippen LogP contribution in [0.5, 0.6) is 0 Å². The van der Waals surface area contributed by atoms with E-state index in [0.29, 0.717) is 12.0 Å². The summed E-state index contributed by atoms with van der Waals surface area (Å²) in [7, 11) is 3.76. The maximum absolute atomic E-state index is 11.9. The third-order valence-corrected chi connectivity index (χ3v) is 4.75. The van der Waals surface area contributed by atoms with E-state index in [2.05, 4.69) is 54.1 Å². The summed E-state index contributed by atoms with van der Waals surface area (Å²) in [6.45, 7) is -1.60. The minimum absolute atomic E-state index is 0.0784. The number of esters is 3. The average molecular weight is 661 g/mol. The summed E-state index contributed by atoms with van der Waals surface area (Å²) < 4.78 is 36.9. The maximum Gasteiger partial charge on any atom is 0.358 e. The van der Waals surface area contributed by atoms with E-state index in [1.807, 2.05) is 0 Å². The van der Waals surface area contributed by atoms with Crippen LogP contribution in [0.1, 0.15) is 69.5 Å². The summed E-state index contributed by atoms with van der Waals surface area (Å²) >= 11 is 0. The van der Waals surface area contributed by atoms with Gasteiger partial charge in [-0.05, 0) is 0 Å². The number of hydrogen-bond acceptors (Lipinski definition) is 17. The Balaban J connectivity index is 0.000000314. The number of aromatic carboxylic acids is 1. The second-order valence-electron chi connectivity index (χ2n) is 7.83. The van der Waals surface area contributed by atoms with Crippen molar-refractivity contribution in [3.63, 3.8) is 0 Å². The summed E-state index contributed by atoms with van der Waals surface area (Å²) in [6, 6.07) is 0. The number of rotatable bonds is 8. The largest absolute Gasteiger partial charge is 0.476 e. The van der Waals surface area contributed by atoms with Crippen molar-refractivity contribution < 1.29 is 57.2 Å². The van der Waals surface area contributed by atoms with Crippen molar-refractivity contribution >= 4 is 30.2 Å². The molecule has 20 heteroatoms. The van der Waals surface area contributed by atoms with Crippen molar-refractivity contribution in [2.45, 2.75) is 20.0 Å². The number of carbonyl (C=O) groups is 5. The highest BCUT2D eigenvalue weighted by Gasteiger charge is 2.08. The predicted octanol–water partition coefficient (Wildman–Crippen LogP) is 1.21. The third-order valence-electron chi connectivity index (χ3n) is 4.75. The lowest BCUT2D eigenvalue weighted by Gasteiger charge is -1.97. The SMILES string of the molecule is COC(=O)c1cnc(C=O)cn1.COC(=O)c1cnc(CF)cn1.COC(=O)c1cnc(CO)cn1.O=C(O)c1cnc(CF)cn1. The fourth-order valence-electron chi connectivity index (χ4n) is 2.42. The number of ether oxygens (including phenoxy) is 3. The molecule has 0 saturated carbocycles. The number of carboxylic acids is 1. The Bertz CT molecular complexity index is 1520. The Labute approximate surface area is 263 Å². The van der Waals surface area contributed by atoms with E-state index < -0.39 is 37.2 Å². The molecule has 2 N–H and O–H groups in total. The second-order valence-corrected chi connectivity index (χ2v) is 7.83. The molecule has 18 nitrogen and oxygen atoms in total. The summed E-state index contributed by atoms with van der Waals surface area (Å²) in [5.41, 5.74) is 1.05. The van der Waals surface area contributed by atoms with Crippen LogP contribution in [0.2, 0.25) is 0 Å². The first-order valence-corrected chi connectivity index (χ1v) is 12.5. The van der Waals surface area contributed by atoms with Crippen molar-refractivity contribution in [2.75, 3.05) is 21.3 Å². The van der Waals surface area contributed by atoms with E-state index in [0.717, 1.165) is 12.4 Å². The van der Waals surface area contributed by atoms with Crippen molar-refractivity contribution in [2.24, 2.45) is 0 Å². The smallest absolute Gasteiger partial charge is 0.358 e. The molecule has 0 unspecified atom stereocenters. The molecule has 248 valence electrons. The maximum atomic E-state index is 11.9. The fourth-order valence-corrected chi connectivity index (χ4v) is 2.42. The average Bonchev–Trinajstić information content (AvgIpc) is 3.14. The van der Waals surface area contributed by atoms with Gasteiger partial charge in [0.2, 0.25) is 0 Å². The van der Waals surface area contributed by atoms with Crippen molar-refractivity contribution in [3.8, 4) is 0 Å². The van der Waals surface area contributed by atoms with Gasteiger partial charge in [0.25, 0.3) is 0 Å². The van der Waals surface area contributed by atoms with Gasteiger partial charge < -0.3 is 24.4 Å². The first-order chi connectivity index (χ1) is 22.6. The molecule has 0 aliphatic heterocycles. The molecule has 0 atom stereocenters. The molecular weight excluding hydrogens is 634 g/mol. The van der Waals surface area contributed by atoms with Gasteiger partial charge in [0.15, 0.2) is 29.1 Å². The quantitative estimate of drug-likeness (QED) is 0.153. The molecule has 0 spiro atoms. The van der Waals surface area contributed by atoms with Gasteiger partial charge in [0.1, 0.15) is 19.0 Å². The molecule has 0 aliphatic carbocycles. The molecule has 4 heterocycles. The number of methoxy groups -OCH3 is 3. The summed E-state index contributed by atoms with van der Waals surface area (Å²) in [5.74, 6) is -2.84. The number of carbonyl (C=O) groups excluding carboxylic acids is 4. The number of aliphatic hydroxyl groups is 1. The monoisotopic (exact) mass is 660 g/mol. The van der Waals surface area contributed by atoms with Crippen LogP contribution in [0.15, 0.2) is 49.6 Å². The lowest BCUT2D eigenvalue weighted by Crippen LogP contribution is -2.05. The van der Waals surface area contributed by atoms with Crippen LogP contribution >= 0.6 is 0 Å². The van der Waals surface area contributed by atoms with Gasteiger partial charge >= 0.3 is 23.9 Å². The molecular formula is C27H26F2N8O10. The van der Waals surface area contributed by atoms with E-state index >= 15 is 0 Å². The van der Waals surface area contributed by atoms with Crippen LogP contribution in [0, 0.1) is 0 Å². The van der Waals surface area contributed by atoms with Gasteiger partial charge in [-0.2, -0.15) is 0 Å². The van der Waals surface area contributed by atoms with Crippen LogP contribution in [0.4, 0.5) is 8.78 Å². The molecule has 4 aromatic heterocycles. The van der Waals surface area contributed by atoms with Crippen LogP contribution in [0.25, 0.3) is 0 Å². The summed E-state index contributed by atoms with van der Waals surface area (Å²) in [6.07, 6.45) is 10.0. The molecule has 4 rings (SSSR count). The normalized spacial score (nSPS) is 9.40. The topological polar surface area (TPSA) is 257 Å². The van der Waals surface area contributed by atoms with E-state index in [4.69, 9.17) is 10.2 Å². The van der Waals surface area contributed by atoms with Gasteiger partial charge in [-0.3, -0.25) is 19.7 Å². The summed E-state index contributed by atoms with van der Waals surface area (Å²) in [4.78, 5) is 81.7. The molecule has 0 fully saturated rings. The highest BCUT2D eigenvalue weighted by Crippen LogP contribution is 1.99. The minimum Gasteiger partial charge on any atom is -0.476 e. The highest BCUT2D eigenvalue weighted by molar-refractivity contribution is 5.87. The van der Waals surface area contributed by atoms with Crippen molar-refractivity contribution in [1.29, 1.82) is 0 Å². The second kappa shape index (κ2) is 21.4. The first kappa shape index (κ1) is 38.7. The molecule has 0 radical (unpaired) electrons. The molecule has 0 aliphatic rings. The minimum atomic E-state index is -1.16. The zero-order chi connectivity index (χ0) is 35.2. The molecule has 0 bridgehead atoms. The number of aliphatic hydroxyl groups excluding tert-OH is 1. The number of alkyl halides is 2. The predicted molar refractivity (Wildman–Crippen MR) is 150 cm³/mol. The van der Waals surface area contributed by atoms with Crippen LogP contribution in [-0.2, 0) is 34.2 Å². The summed E-state index contributed by atoms with van der Waals surface area (Å²) in [5, 5.41) is 17.0. The molecule has 0 saturated heterocycles. The Hall–Kier alpha value is -6.31. The molecule has 0 aromatic carbocycles. The Morgan fingerprint density at radius 3 is 1.21 bits per heavy atom. The van der Waals surface area contributed by atoms with E-state index in [-0.39, 0.29) is 46.5 Å². The third kappa shape index (κ3) is 13.9. The van der Waals surface area contributed by atoms with E-state index in [1.165, 1.54) is 58.5 Å². The molecule has 0 amide bonds. The van der Waals surface area contributed by atoms with E-state index in [1.54, 1.807) is 0 Å². The lowest BCUT2D eigenvalue weighted by atomic mass is 10.4. The van der Waals surface area contributed by atoms with Crippen molar-refractivity contribution in [3.05, 3.63) is 95.1 Å². The fraction of sp³-hybridized carbons (Fsp3) is 0.222. The zero-order valence-corrected chi connectivity index (χ0v) is 24.8. The Morgan fingerprint density at radius 2 is 0.957 bits per heavy atom. The molecule has 47 heavy (non-hydrogen) atoms.